The zero-order valence-corrected chi connectivity index (χ0v) is 20.8. The van der Waals surface area contributed by atoms with E-state index >= 15 is 0 Å². The molecule has 0 bridgehead atoms. The maximum Gasteiger partial charge on any atom is 0.191 e. The van der Waals surface area contributed by atoms with Gasteiger partial charge in [0.1, 0.15) is 5.75 Å². The average Bonchev–Trinajstić information content (AvgIpc) is 2.76. The van der Waals surface area contributed by atoms with Crippen LogP contribution in [0.15, 0.2) is 59.6 Å². The second-order valence-corrected chi connectivity index (χ2v) is 8.38. The molecule has 2 N–H and O–H groups in total. The number of ether oxygens (including phenoxy) is 1. The van der Waals surface area contributed by atoms with Gasteiger partial charge < -0.3 is 15.4 Å². The minimum Gasteiger partial charge on any atom is -0.490 e. The highest BCUT2D eigenvalue weighted by atomic mass is 127. The van der Waals surface area contributed by atoms with E-state index in [-0.39, 0.29) is 24.0 Å². The van der Waals surface area contributed by atoms with E-state index in [0.29, 0.717) is 12.1 Å². The third kappa shape index (κ3) is 7.10. The Hall–Kier alpha value is -1.80. The predicted molar refractivity (Wildman–Crippen MR) is 138 cm³/mol. The van der Waals surface area contributed by atoms with Crippen molar-refractivity contribution in [2.45, 2.75) is 57.3 Å². The zero-order valence-electron chi connectivity index (χ0n) is 18.4. The number of nitrogens with one attached hydrogen (secondary N) is 2. The summed E-state index contributed by atoms with van der Waals surface area (Å²) in [5.74, 6) is 1.87. The van der Waals surface area contributed by atoms with Crippen LogP contribution in [0, 0.1) is 0 Å². The molecular formula is C25H35IN4O. The van der Waals surface area contributed by atoms with Crippen LogP contribution < -0.4 is 15.4 Å². The topological polar surface area (TPSA) is 48.9 Å². The van der Waals surface area contributed by atoms with Gasteiger partial charge in [-0.25, -0.2) is 0 Å². The molecule has 0 unspecified atom stereocenters. The summed E-state index contributed by atoms with van der Waals surface area (Å²) >= 11 is 0. The first-order valence-electron chi connectivity index (χ1n) is 11.3. The lowest BCUT2D eigenvalue weighted by Crippen LogP contribution is -2.48. The fraction of sp³-hybridized carbons (Fsp3) is 0.480. The van der Waals surface area contributed by atoms with Gasteiger partial charge in [-0.3, -0.25) is 9.89 Å². The normalized spacial score (nSPS) is 18.0. The molecule has 1 aliphatic heterocycles. The van der Waals surface area contributed by atoms with E-state index in [1.165, 1.54) is 30.4 Å². The Balaban J connectivity index is 0.00000272. The van der Waals surface area contributed by atoms with Gasteiger partial charge in [-0.15, -0.1) is 24.0 Å². The number of rotatable bonds is 7. The first-order chi connectivity index (χ1) is 14.8. The molecule has 0 spiro atoms. The number of halogens is 1. The van der Waals surface area contributed by atoms with Gasteiger partial charge in [0.25, 0.3) is 0 Å². The summed E-state index contributed by atoms with van der Waals surface area (Å²) in [7, 11) is 1.84. The molecule has 0 atom stereocenters. The van der Waals surface area contributed by atoms with Crippen LogP contribution in [0.5, 0.6) is 5.75 Å². The Kier molecular flexibility index (Phi) is 9.46. The number of nitrogens with zero attached hydrogens (tertiary/aromatic N) is 2. The first-order valence-corrected chi connectivity index (χ1v) is 11.3. The van der Waals surface area contributed by atoms with Gasteiger partial charge in [0, 0.05) is 44.8 Å². The van der Waals surface area contributed by atoms with E-state index in [9.17, 15) is 0 Å². The van der Waals surface area contributed by atoms with Gasteiger partial charge in [0.15, 0.2) is 5.96 Å². The Morgan fingerprint density at radius 2 is 1.71 bits per heavy atom. The fourth-order valence-corrected chi connectivity index (χ4v) is 4.08. The zero-order chi connectivity index (χ0) is 20.6. The molecule has 31 heavy (non-hydrogen) atoms. The number of piperidine rings is 1. The molecule has 6 heteroatoms. The Morgan fingerprint density at radius 1 is 1.00 bits per heavy atom. The summed E-state index contributed by atoms with van der Waals surface area (Å²) < 4.78 is 6.15. The third-order valence-electron chi connectivity index (χ3n) is 6.17. The highest BCUT2D eigenvalue weighted by Crippen LogP contribution is 2.27. The van der Waals surface area contributed by atoms with E-state index in [1.54, 1.807) is 0 Å². The smallest absolute Gasteiger partial charge is 0.191 e. The van der Waals surface area contributed by atoms with Crippen LogP contribution in [0.25, 0.3) is 0 Å². The van der Waals surface area contributed by atoms with Crippen molar-refractivity contribution in [1.29, 1.82) is 0 Å². The molecule has 2 aromatic rings. The van der Waals surface area contributed by atoms with Crippen LogP contribution in [0.2, 0.25) is 0 Å². The first kappa shape index (κ1) is 23.9. The maximum absolute atomic E-state index is 6.15. The van der Waals surface area contributed by atoms with Crippen LogP contribution in [0.1, 0.15) is 43.2 Å². The molecule has 2 aliphatic rings. The number of para-hydroxylation sites is 1. The number of aliphatic imine (C=N–C) groups is 1. The molecule has 4 rings (SSSR count). The summed E-state index contributed by atoms with van der Waals surface area (Å²) in [4.78, 5) is 6.98. The summed E-state index contributed by atoms with van der Waals surface area (Å²) in [5.41, 5.74) is 2.58. The molecule has 1 aliphatic carbocycles. The lowest BCUT2D eigenvalue weighted by Gasteiger charge is -2.33. The summed E-state index contributed by atoms with van der Waals surface area (Å²) in [6, 6.07) is 19.5. The third-order valence-corrected chi connectivity index (χ3v) is 6.17. The van der Waals surface area contributed by atoms with Gasteiger partial charge in [0.05, 0.1) is 6.10 Å². The fourth-order valence-electron chi connectivity index (χ4n) is 4.08. The van der Waals surface area contributed by atoms with E-state index in [4.69, 9.17) is 4.74 Å². The van der Waals surface area contributed by atoms with Crippen molar-refractivity contribution in [3.8, 4) is 5.75 Å². The molecule has 0 amide bonds. The molecule has 1 saturated carbocycles. The second kappa shape index (κ2) is 12.3. The molecule has 168 valence electrons. The van der Waals surface area contributed by atoms with Gasteiger partial charge >= 0.3 is 0 Å². The number of hydrogen-bond acceptors (Lipinski definition) is 3. The van der Waals surface area contributed by atoms with Crippen LogP contribution in [0.4, 0.5) is 0 Å². The quantitative estimate of drug-likeness (QED) is 0.311. The van der Waals surface area contributed by atoms with Crippen LogP contribution in [-0.4, -0.2) is 43.1 Å². The molecule has 0 aromatic heterocycles. The summed E-state index contributed by atoms with van der Waals surface area (Å²) in [6.07, 6.45) is 6.29. The minimum absolute atomic E-state index is 0. The monoisotopic (exact) mass is 534 g/mol. The Bertz CT molecular complexity index is 817. The molecule has 1 heterocycles. The highest BCUT2D eigenvalue weighted by Gasteiger charge is 2.21. The molecule has 5 nitrogen and oxygen atoms in total. The molecular weight excluding hydrogens is 499 g/mol. The maximum atomic E-state index is 6.15. The van der Waals surface area contributed by atoms with E-state index < -0.39 is 0 Å². The van der Waals surface area contributed by atoms with Gasteiger partial charge in [0.2, 0.25) is 0 Å². The van der Waals surface area contributed by atoms with Gasteiger partial charge in [-0.05, 0) is 43.7 Å². The van der Waals surface area contributed by atoms with Crippen molar-refractivity contribution in [2.75, 3.05) is 20.1 Å². The summed E-state index contributed by atoms with van der Waals surface area (Å²) in [6.45, 7) is 3.98. The number of guanidine groups is 1. The van der Waals surface area contributed by atoms with Gasteiger partial charge in [-0.1, -0.05) is 48.5 Å². The average molecular weight is 534 g/mol. The SMILES string of the molecule is CN=C(NCc1ccccc1OC1CCC1)NC1CCN(Cc2ccccc2)CC1.I. The van der Waals surface area contributed by atoms with Crippen molar-refractivity contribution in [1.82, 2.24) is 15.5 Å². The molecule has 0 radical (unpaired) electrons. The van der Waals surface area contributed by atoms with E-state index in [1.807, 2.05) is 13.1 Å². The standard InChI is InChI=1S/C25H34N4O.HI/c1-26-25(27-18-21-10-5-6-13-24(21)30-23-11-7-12-23)28-22-14-16-29(17-15-22)19-20-8-3-2-4-9-20;/h2-6,8-10,13,22-23H,7,11-12,14-19H2,1H3,(H2,26,27,28);1H. The van der Waals surface area contributed by atoms with Crippen molar-refractivity contribution in [3.05, 3.63) is 65.7 Å². The lowest BCUT2D eigenvalue weighted by atomic mass is 9.96. The Labute approximate surface area is 203 Å². The minimum atomic E-state index is 0. The largest absolute Gasteiger partial charge is 0.490 e. The van der Waals surface area contributed by atoms with Crippen LogP contribution in [0.3, 0.4) is 0 Å². The second-order valence-electron chi connectivity index (χ2n) is 8.38. The summed E-state index contributed by atoms with van der Waals surface area (Å²) in [5, 5.41) is 7.09. The Morgan fingerprint density at radius 3 is 2.39 bits per heavy atom. The van der Waals surface area contributed by atoms with Crippen molar-refractivity contribution in [3.63, 3.8) is 0 Å². The van der Waals surface area contributed by atoms with E-state index in [0.717, 1.165) is 50.7 Å². The van der Waals surface area contributed by atoms with Crippen molar-refractivity contribution in [2.24, 2.45) is 4.99 Å². The molecule has 2 fully saturated rings. The van der Waals surface area contributed by atoms with E-state index in [2.05, 4.69) is 69.1 Å². The molecule has 2 aromatic carbocycles. The number of hydrogen-bond donors (Lipinski definition) is 2. The number of likely N-dealkylation sites (tertiary alicyclic amines) is 1. The van der Waals surface area contributed by atoms with Gasteiger partial charge in [-0.2, -0.15) is 0 Å². The van der Waals surface area contributed by atoms with Crippen LogP contribution >= 0.6 is 24.0 Å². The molecule has 1 saturated heterocycles. The highest BCUT2D eigenvalue weighted by molar-refractivity contribution is 14.0. The van der Waals surface area contributed by atoms with Crippen molar-refractivity contribution >= 4 is 29.9 Å². The lowest BCUT2D eigenvalue weighted by molar-refractivity contribution is 0.119. The number of benzene rings is 2. The predicted octanol–water partition coefficient (Wildman–Crippen LogP) is 4.57. The van der Waals surface area contributed by atoms with Crippen molar-refractivity contribution < 1.29 is 4.74 Å². The van der Waals surface area contributed by atoms with Crippen LogP contribution in [-0.2, 0) is 13.1 Å².